The van der Waals surface area contributed by atoms with Gasteiger partial charge in [-0.2, -0.15) is 0 Å². The third-order valence-electron chi connectivity index (χ3n) is 3.83. The fraction of sp³-hybridized carbons (Fsp3) is 0.909. The molecular weight excluding hydrogens is 192 g/mol. The first kappa shape index (κ1) is 11.8. The van der Waals surface area contributed by atoms with Crippen LogP contribution >= 0.6 is 12.2 Å². The van der Waals surface area contributed by atoms with Crippen molar-refractivity contribution in [2.24, 2.45) is 10.8 Å². The molecule has 0 saturated heterocycles. The number of hydrogen-bond acceptors (Lipinski definition) is 1. The molecule has 0 radical (unpaired) electrons. The summed E-state index contributed by atoms with van der Waals surface area (Å²) in [5.41, 5.74) is 0.704. The highest BCUT2D eigenvalue weighted by molar-refractivity contribution is 7.80. The molecule has 0 amide bonds. The summed E-state index contributed by atoms with van der Waals surface area (Å²) >= 11 is 5.22. The van der Waals surface area contributed by atoms with Gasteiger partial charge in [-0.1, -0.05) is 34.6 Å². The molecule has 0 bridgehead atoms. The molecule has 0 aromatic heterocycles. The average molecular weight is 214 g/mol. The Morgan fingerprint density at radius 2 is 1.71 bits per heavy atom. The molecule has 3 heteroatoms. The van der Waals surface area contributed by atoms with E-state index in [0.29, 0.717) is 16.9 Å². The Kier molecular flexibility index (Phi) is 3.10. The van der Waals surface area contributed by atoms with E-state index in [4.69, 9.17) is 12.2 Å². The predicted octanol–water partition coefficient (Wildman–Crippen LogP) is 2.30. The van der Waals surface area contributed by atoms with Gasteiger partial charge in [0.15, 0.2) is 5.11 Å². The Morgan fingerprint density at radius 1 is 1.21 bits per heavy atom. The molecule has 0 aliphatic heterocycles. The minimum absolute atomic E-state index is 0.352. The van der Waals surface area contributed by atoms with Crippen molar-refractivity contribution in [3.8, 4) is 0 Å². The predicted molar refractivity (Wildman–Crippen MR) is 65.4 cm³/mol. The van der Waals surface area contributed by atoms with Gasteiger partial charge in [0.05, 0.1) is 0 Å². The van der Waals surface area contributed by atoms with Crippen LogP contribution < -0.4 is 10.6 Å². The maximum absolute atomic E-state index is 5.22. The van der Waals surface area contributed by atoms with E-state index in [1.54, 1.807) is 0 Å². The van der Waals surface area contributed by atoms with Gasteiger partial charge in [0.25, 0.3) is 0 Å². The molecule has 1 aliphatic carbocycles. The fourth-order valence-corrected chi connectivity index (χ4v) is 2.20. The van der Waals surface area contributed by atoms with Crippen molar-refractivity contribution in [3.05, 3.63) is 0 Å². The highest BCUT2D eigenvalue weighted by atomic mass is 32.1. The first-order valence-electron chi connectivity index (χ1n) is 5.38. The van der Waals surface area contributed by atoms with Crippen LogP contribution in [0.2, 0.25) is 0 Å². The molecule has 14 heavy (non-hydrogen) atoms. The molecule has 0 heterocycles. The maximum Gasteiger partial charge on any atom is 0.166 e. The van der Waals surface area contributed by atoms with Gasteiger partial charge in [0.2, 0.25) is 0 Å². The highest BCUT2D eigenvalue weighted by Gasteiger charge is 2.65. The molecule has 82 valence electrons. The second kappa shape index (κ2) is 3.69. The lowest BCUT2D eigenvalue weighted by Crippen LogP contribution is -2.39. The lowest BCUT2D eigenvalue weighted by Gasteiger charge is -2.10. The van der Waals surface area contributed by atoms with E-state index in [2.05, 4.69) is 45.3 Å². The Morgan fingerprint density at radius 3 is 2.07 bits per heavy atom. The first-order chi connectivity index (χ1) is 6.34. The van der Waals surface area contributed by atoms with E-state index in [0.717, 1.165) is 18.1 Å². The van der Waals surface area contributed by atoms with Crippen LogP contribution in [0.1, 0.15) is 41.0 Å². The van der Waals surface area contributed by atoms with Gasteiger partial charge in [-0.05, 0) is 29.5 Å². The number of hydrogen-bond donors (Lipinski definition) is 2. The van der Waals surface area contributed by atoms with Crippen LogP contribution in [0.15, 0.2) is 0 Å². The number of rotatable bonds is 3. The van der Waals surface area contributed by atoms with E-state index >= 15 is 0 Å². The Labute approximate surface area is 92.8 Å². The van der Waals surface area contributed by atoms with Crippen LogP contribution in [-0.2, 0) is 0 Å². The van der Waals surface area contributed by atoms with Gasteiger partial charge < -0.3 is 10.6 Å². The normalized spacial score (nSPS) is 22.9. The highest BCUT2D eigenvalue weighted by Crippen LogP contribution is 2.62. The molecule has 0 aromatic rings. The molecule has 1 aliphatic rings. The van der Waals surface area contributed by atoms with Crippen LogP contribution in [-0.4, -0.2) is 17.7 Å². The molecular formula is C11H22N2S. The fourth-order valence-electron chi connectivity index (χ4n) is 1.98. The van der Waals surface area contributed by atoms with Gasteiger partial charge in [0, 0.05) is 12.6 Å². The quantitative estimate of drug-likeness (QED) is 0.705. The molecule has 0 aromatic carbocycles. The third kappa shape index (κ3) is 1.88. The zero-order valence-corrected chi connectivity index (χ0v) is 10.7. The zero-order chi connectivity index (χ0) is 11.0. The van der Waals surface area contributed by atoms with Crippen LogP contribution in [0, 0.1) is 10.8 Å². The number of thiocarbonyl (C=S) groups is 1. The van der Waals surface area contributed by atoms with E-state index in [-0.39, 0.29) is 0 Å². The summed E-state index contributed by atoms with van der Waals surface area (Å²) in [6.07, 6.45) is 1.11. The van der Waals surface area contributed by atoms with Gasteiger partial charge in [0.1, 0.15) is 0 Å². The molecule has 2 nitrogen and oxygen atoms in total. The standard InChI is InChI=1S/C11H22N2S/c1-6-7-12-9(14)13-8-10(2,3)11(8,4)5/h8H,6-7H2,1-5H3,(H2,12,13,14). The Bertz CT molecular complexity index is 219. The monoisotopic (exact) mass is 214 g/mol. The third-order valence-corrected chi connectivity index (χ3v) is 4.09. The Hall–Kier alpha value is -0.310. The molecule has 0 spiro atoms. The summed E-state index contributed by atoms with van der Waals surface area (Å²) in [6.45, 7) is 12.2. The van der Waals surface area contributed by atoms with E-state index in [1.165, 1.54) is 0 Å². The summed E-state index contributed by atoms with van der Waals surface area (Å²) < 4.78 is 0. The van der Waals surface area contributed by atoms with E-state index < -0.39 is 0 Å². The second-order valence-electron chi connectivity index (χ2n) is 5.28. The second-order valence-corrected chi connectivity index (χ2v) is 5.68. The van der Waals surface area contributed by atoms with Crippen LogP contribution in [0.3, 0.4) is 0 Å². The first-order valence-corrected chi connectivity index (χ1v) is 5.79. The summed E-state index contributed by atoms with van der Waals surface area (Å²) in [7, 11) is 0. The van der Waals surface area contributed by atoms with Gasteiger partial charge in [-0.15, -0.1) is 0 Å². The van der Waals surface area contributed by atoms with Crippen molar-refractivity contribution in [3.63, 3.8) is 0 Å². The van der Waals surface area contributed by atoms with Crippen LogP contribution in [0.4, 0.5) is 0 Å². The minimum Gasteiger partial charge on any atom is -0.363 e. The van der Waals surface area contributed by atoms with Crippen LogP contribution in [0.25, 0.3) is 0 Å². The summed E-state index contributed by atoms with van der Waals surface area (Å²) in [4.78, 5) is 0. The maximum atomic E-state index is 5.22. The SMILES string of the molecule is CCCNC(=S)NC1C(C)(C)C1(C)C. The molecule has 1 fully saturated rings. The van der Waals surface area contributed by atoms with Gasteiger partial charge in [-0.25, -0.2) is 0 Å². The van der Waals surface area contributed by atoms with Crippen molar-refractivity contribution in [2.75, 3.05) is 6.54 Å². The van der Waals surface area contributed by atoms with E-state index in [1.807, 2.05) is 0 Å². The van der Waals surface area contributed by atoms with Gasteiger partial charge in [-0.3, -0.25) is 0 Å². The molecule has 0 unspecified atom stereocenters. The molecule has 1 rings (SSSR count). The number of nitrogens with one attached hydrogen (secondary N) is 2. The Balaban J connectivity index is 2.37. The summed E-state index contributed by atoms with van der Waals surface area (Å²) in [5, 5.41) is 7.39. The largest absolute Gasteiger partial charge is 0.363 e. The summed E-state index contributed by atoms with van der Waals surface area (Å²) in [5.74, 6) is 0. The van der Waals surface area contributed by atoms with Crippen molar-refractivity contribution in [2.45, 2.75) is 47.1 Å². The van der Waals surface area contributed by atoms with Crippen molar-refractivity contribution >= 4 is 17.3 Å². The molecule has 2 N–H and O–H groups in total. The van der Waals surface area contributed by atoms with Crippen molar-refractivity contribution in [1.29, 1.82) is 0 Å². The topological polar surface area (TPSA) is 24.1 Å². The van der Waals surface area contributed by atoms with Crippen molar-refractivity contribution in [1.82, 2.24) is 10.6 Å². The van der Waals surface area contributed by atoms with E-state index in [9.17, 15) is 0 Å². The smallest absolute Gasteiger partial charge is 0.166 e. The van der Waals surface area contributed by atoms with Gasteiger partial charge >= 0.3 is 0 Å². The molecule has 0 atom stereocenters. The molecule has 1 saturated carbocycles. The van der Waals surface area contributed by atoms with Crippen LogP contribution in [0.5, 0.6) is 0 Å². The average Bonchev–Trinajstić information content (AvgIpc) is 2.44. The zero-order valence-electron chi connectivity index (χ0n) is 9.90. The lowest BCUT2D eigenvalue weighted by molar-refractivity contribution is 0.457. The summed E-state index contributed by atoms with van der Waals surface area (Å²) in [6, 6.07) is 0.506. The minimum atomic E-state index is 0.352. The lowest BCUT2D eigenvalue weighted by atomic mass is 10.0. The van der Waals surface area contributed by atoms with Crippen molar-refractivity contribution < 1.29 is 0 Å².